The summed E-state index contributed by atoms with van der Waals surface area (Å²) in [7, 11) is 0. The molecule has 1 aliphatic heterocycles. The van der Waals surface area contributed by atoms with Crippen LogP contribution >= 0.6 is 0 Å². The molecule has 4 rings (SSSR count). The average molecular weight is 396 g/mol. The van der Waals surface area contributed by atoms with E-state index in [1.54, 1.807) is 6.20 Å². The molecular weight excluding hydrogens is 366 g/mol. The summed E-state index contributed by atoms with van der Waals surface area (Å²) >= 11 is 0. The predicted octanol–water partition coefficient (Wildman–Crippen LogP) is 7.20. The van der Waals surface area contributed by atoms with Crippen LogP contribution in [0.4, 0.5) is 11.5 Å². The van der Waals surface area contributed by atoms with Gasteiger partial charge < -0.3 is 0 Å². The fourth-order valence-electron chi connectivity index (χ4n) is 3.77. The molecule has 4 bridgehead atoms. The van der Waals surface area contributed by atoms with Crippen LogP contribution in [0, 0.1) is 0 Å². The van der Waals surface area contributed by atoms with Crippen LogP contribution in [0.25, 0.3) is 11.1 Å². The van der Waals surface area contributed by atoms with Gasteiger partial charge in [0.05, 0.1) is 0 Å². The second-order valence-electron chi connectivity index (χ2n) is 9.15. The van der Waals surface area contributed by atoms with Gasteiger partial charge >= 0.3 is 0 Å². The number of hydrogen-bond acceptors (Lipinski definition) is 3. The zero-order chi connectivity index (χ0) is 21.5. The van der Waals surface area contributed by atoms with Crippen molar-refractivity contribution in [2.45, 2.75) is 52.4 Å². The maximum Gasteiger partial charge on any atom is 0.178 e. The molecule has 0 atom stereocenters. The molecule has 0 saturated carbocycles. The Balaban J connectivity index is 2.05. The minimum absolute atomic E-state index is 0.219. The summed E-state index contributed by atoms with van der Waals surface area (Å²) in [5, 5.41) is 0. The van der Waals surface area contributed by atoms with Crippen molar-refractivity contribution in [1.82, 2.24) is 4.98 Å². The van der Waals surface area contributed by atoms with Crippen LogP contribution in [0.15, 0.2) is 76.8 Å². The smallest absolute Gasteiger partial charge is 0.178 e. The van der Waals surface area contributed by atoms with Gasteiger partial charge in [-0.25, -0.2) is 9.98 Å². The van der Waals surface area contributed by atoms with Gasteiger partial charge in [0, 0.05) is 28.5 Å². The lowest BCUT2D eigenvalue weighted by atomic mass is 9.78. The van der Waals surface area contributed by atoms with Crippen molar-refractivity contribution in [3.63, 3.8) is 0 Å². The maximum absolute atomic E-state index is 4.99. The standard InChI is InChI=1S/C27H29N3/c1-18-26(3,4)22-12-7-10-20(16-22)21-11-8-13-23(17-21)27(5,6)19(2)30-25-24(29-18)14-9-15-28-25/h7-17H,1-6H3/b29-18?,30-19+. The Morgan fingerprint density at radius 1 is 0.633 bits per heavy atom. The van der Waals surface area contributed by atoms with Crippen molar-refractivity contribution in [3.8, 4) is 11.1 Å². The predicted molar refractivity (Wildman–Crippen MR) is 128 cm³/mol. The molecule has 0 aliphatic carbocycles. The summed E-state index contributed by atoms with van der Waals surface area (Å²) in [5.74, 6) is 0.667. The Labute approximate surface area is 179 Å². The molecule has 3 nitrogen and oxygen atoms in total. The van der Waals surface area contributed by atoms with Crippen molar-refractivity contribution in [1.29, 1.82) is 0 Å². The van der Waals surface area contributed by atoms with E-state index in [1.165, 1.54) is 22.3 Å². The highest BCUT2D eigenvalue weighted by Crippen LogP contribution is 2.36. The molecule has 2 aromatic carbocycles. The van der Waals surface area contributed by atoms with E-state index in [1.807, 2.05) is 12.1 Å². The summed E-state index contributed by atoms with van der Waals surface area (Å²) in [6, 6.07) is 21.5. The number of rotatable bonds is 0. The average Bonchev–Trinajstić information content (AvgIpc) is 2.74. The van der Waals surface area contributed by atoms with Gasteiger partial charge in [0.15, 0.2) is 5.82 Å². The van der Waals surface area contributed by atoms with Gasteiger partial charge in [0.2, 0.25) is 0 Å². The van der Waals surface area contributed by atoms with E-state index in [9.17, 15) is 0 Å². The van der Waals surface area contributed by atoms with E-state index >= 15 is 0 Å². The second kappa shape index (κ2) is 7.32. The SMILES string of the molecule is CC1=Nc2cccnc2/N=C(\C)C(C)(C)c2cccc(c2)-c2cccc(c2)C1(C)C. The van der Waals surface area contributed by atoms with Gasteiger partial charge in [-0.3, -0.25) is 4.99 Å². The molecule has 2 heterocycles. The molecule has 1 aromatic heterocycles. The topological polar surface area (TPSA) is 37.6 Å². The van der Waals surface area contributed by atoms with Crippen LogP contribution in [-0.4, -0.2) is 16.4 Å². The van der Waals surface area contributed by atoms with Crippen molar-refractivity contribution in [2.24, 2.45) is 9.98 Å². The van der Waals surface area contributed by atoms with Crippen LogP contribution in [0.2, 0.25) is 0 Å². The van der Waals surface area contributed by atoms with E-state index in [4.69, 9.17) is 9.98 Å². The van der Waals surface area contributed by atoms with Crippen molar-refractivity contribution >= 4 is 22.9 Å². The lowest BCUT2D eigenvalue weighted by molar-refractivity contribution is 0.711. The second-order valence-corrected chi connectivity index (χ2v) is 9.15. The number of aliphatic imine (C=N–C) groups is 2. The quantitative estimate of drug-likeness (QED) is 0.396. The lowest BCUT2D eigenvalue weighted by Gasteiger charge is -2.28. The van der Waals surface area contributed by atoms with Gasteiger partial charge in [-0.1, -0.05) is 76.2 Å². The number of benzene rings is 2. The number of fused-ring (bicyclic) bond motifs is 6. The normalized spacial score (nSPS) is 19.0. The molecule has 3 heteroatoms. The Morgan fingerprint density at radius 3 is 1.73 bits per heavy atom. The van der Waals surface area contributed by atoms with Crippen molar-refractivity contribution < 1.29 is 0 Å². The molecular formula is C27H29N3. The van der Waals surface area contributed by atoms with Gasteiger partial charge in [0.25, 0.3) is 0 Å². The van der Waals surface area contributed by atoms with E-state index in [-0.39, 0.29) is 10.8 Å². The molecule has 0 fully saturated rings. The highest BCUT2D eigenvalue weighted by Gasteiger charge is 2.28. The zero-order valence-electron chi connectivity index (χ0n) is 18.7. The van der Waals surface area contributed by atoms with E-state index in [0.29, 0.717) is 5.82 Å². The number of pyridine rings is 1. The van der Waals surface area contributed by atoms with Gasteiger partial charge in [0.1, 0.15) is 5.69 Å². The molecule has 0 amide bonds. The van der Waals surface area contributed by atoms with E-state index in [0.717, 1.165) is 17.1 Å². The van der Waals surface area contributed by atoms with E-state index < -0.39 is 0 Å². The molecule has 0 unspecified atom stereocenters. The summed E-state index contributed by atoms with van der Waals surface area (Å²) in [4.78, 5) is 14.5. The molecule has 1 aliphatic rings. The lowest BCUT2D eigenvalue weighted by Crippen LogP contribution is -2.27. The first-order valence-corrected chi connectivity index (χ1v) is 10.5. The zero-order valence-corrected chi connectivity index (χ0v) is 18.7. The summed E-state index contributed by atoms with van der Waals surface area (Å²) in [5.41, 5.74) is 7.32. The Morgan fingerprint density at radius 2 is 1.17 bits per heavy atom. The minimum Gasteiger partial charge on any atom is -0.253 e. The van der Waals surface area contributed by atoms with Gasteiger partial charge in [-0.15, -0.1) is 0 Å². The van der Waals surface area contributed by atoms with Gasteiger partial charge in [-0.2, -0.15) is 0 Å². The number of nitrogens with zero attached hydrogens (tertiary/aromatic N) is 3. The minimum atomic E-state index is -0.232. The molecule has 152 valence electrons. The van der Waals surface area contributed by atoms with Crippen molar-refractivity contribution in [3.05, 3.63) is 78.0 Å². The third-order valence-electron chi connectivity index (χ3n) is 6.64. The summed E-state index contributed by atoms with van der Waals surface area (Å²) in [6.45, 7) is 13.1. The van der Waals surface area contributed by atoms with Crippen LogP contribution in [0.1, 0.15) is 52.7 Å². The molecule has 0 radical (unpaired) electrons. The third-order valence-corrected chi connectivity index (χ3v) is 6.64. The fraction of sp³-hybridized carbons (Fsp3) is 0.296. The molecule has 30 heavy (non-hydrogen) atoms. The molecule has 3 aromatic rings. The highest BCUT2D eigenvalue weighted by atomic mass is 15.0. The Hall–Kier alpha value is -3.07. The van der Waals surface area contributed by atoms with Crippen LogP contribution in [0.5, 0.6) is 0 Å². The maximum atomic E-state index is 4.99. The first kappa shape index (κ1) is 20.2. The van der Waals surface area contributed by atoms with Crippen LogP contribution < -0.4 is 0 Å². The largest absolute Gasteiger partial charge is 0.253 e. The van der Waals surface area contributed by atoms with Crippen LogP contribution in [-0.2, 0) is 10.8 Å². The van der Waals surface area contributed by atoms with E-state index in [2.05, 4.69) is 95.1 Å². The fourth-order valence-corrected chi connectivity index (χ4v) is 3.77. The summed E-state index contributed by atoms with van der Waals surface area (Å²) in [6.07, 6.45) is 1.78. The highest BCUT2D eigenvalue weighted by molar-refractivity contribution is 5.97. The first-order valence-electron chi connectivity index (χ1n) is 10.5. The molecule has 0 N–H and O–H groups in total. The number of aromatic nitrogens is 1. The molecule has 0 saturated heterocycles. The van der Waals surface area contributed by atoms with Gasteiger partial charge in [-0.05, 0) is 48.2 Å². The monoisotopic (exact) mass is 395 g/mol. The molecule has 0 spiro atoms. The third kappa shape index (κ3) is 3.49. The summed E-state index contributed by atoms with van der Waals surface area (Å²) < 4.78 is 0. The first-order chi connectivity index (χ1) is 14.2. The number of hydrogen-bond donors (Lipinski definition) is 0. The van der Waals surface area contributed by atoms with Crippen molar-refractivity contribution in [2.75, 3.05) is 0 Å². The van der Waals surface area contributed by atoms with Crippen LogP contribution in [0.3, 0.4) is 0 Å². The Bertz CT molecular complexity index is 1070. The Kier molecular flexibility index (Phi) is 4.93.